The molecule has 1 unspecified atom stereocenters. The van der Waals surface area contributed by atoms with Crippen LogP contribution in [0.2, 0.25) is 0 Å². The summed E-state index contributed by atoms with van der Waals surface area (Å²) in [5.41, 5.74) is 0. The second kappa shape index (κ2) is 6.70. The van der Waals surface area contributed by atoms with Crippen molar-refractivity contribution >= 4 is 11.6 Å². The van der Waals surface area contributed by atoms with E-state index in [9.17, 15) is 0 Å². The highest BCUT2D eigenvalue weighted by Crippen LogP contribution is 2.05. The van der Waals surface area contributed by atoms with Crippen molar-refractivity contribution in [2.45, 2.75) is 32.9 Å². The molecule has 1 atom stereocenters. The van der Waals surface area contributed by atoms with Gasteiger partial charge < -0.3 is 4.74 Å². The summed E-state index contributed by atoms with van der Waals surface area (Å²) in [6, 6.07) is 0.989. The van der Waals surface area contributed by atoms with Gasteiger partial charge in [-0.25, -0.2) is 0 Å². The first-order valence-corrected chi connectivity index (χ1v) is 4.97. The molecule has 0 rings (SSSR count). The van der Waals surface area contributed by atoms with Crippen LogP contribution in [0.25, 0.3) is 0 Å². The van der Waals surface area contributed by atoms with E-state index in [4.69, 9.17) is 16.3 Å². The van der Waals surface area contributed by atoms with E-state index in [0.29, 0.717) is 18.0 Å². The van der Waals surface area contributed by atoms with Gasteiger partial charge in [-0.15, -0.1) is 11.6 Å². The lowest BCUT2D eigenvalue weighted by Gasteiger charge is -2.31. The first-order valence-electron chi connectivity index (χ1n) is 4.44. The molecular formula is C9H20ClNO. The molecule has 0 N–H and O–H groups in total. The first-order chi connectivity index (χ1) is 5.63. The maximum absolute atomic E-state index is 5.70. The van der Waals surface area contributed by atoms with E-state index in [-0.39, 0.29) is 0 Å². The van der Waals surface area contributed by atoms with E-state index >= 15 is 0 Å². The molecule has 3 heteroatoms. The molecule has 0 aliphatic carbocycles. The topological polar surface area (TPSA) is 12.5 Å². The number of rotatable bonds is 6. The number of hydrogen-bond donors (Lipinski definition) is 0. The lowest BCUT2D eigenvalue weighted by Crippen LogP contribution is -2.42. The van der Waals surface area contributed by atoms with Gasteiger partial charge in [0.25, 0.3) is 0 Å². The van der Waals surface area contributed by atoms with Crippen molar-refractivity contribution in [1.82, 2.24) is 4.90 Å². The second-order valence-electron chi connectivity index (χ2n) is 3.32. The average Bonchev–Trinajstić information content (AvgIpc) is 1.99. The number of ether oxygens (including phenoxy) is 1. The predicted octanol–water partition coefficient (Wildman–Crippen LogP) is 1.97. The lowest BCUT2D eigenvalue weighted by atomic mass is 10.2. The monoisotopic (exact) mass is 193 g/mol. The summed E-state index contributed by atoms with van der Waals surface area (Å²) < 4.78 is 5.10. The Bertz CT molecular complexity index is 109. The molecule has 0 aliphatic rings. The van der Waals surface area contributed by atoms with E-state index < -0.39 is 0 Å². The van der Waals surface area contributed by atoms with Crippen LogP contribution in [0.5, 0.6) is 0 Å². The molecule has 0 amide bonds. The molecule has 0 aromatic rings. The Hall–Kier alpha value is 0.210. The molecule has 0 bridgehead atoms. The maximum Gasteiger partial charge on any atom is 0.0615 e. The Morgan fingerprint density at radius 2 is 1.92 bits per heavy atom. The standard InChI is InChI=1S/C9H20ClNO/c1-8(2)11(6-5-10)9(3)7-12-4/h8-9H,5-7H2,1-4H3. The molecule has 74 valence electrons. The zero-order valence-corrected chi connectivity index (χ0v) is 9.27. The van der Waals surface area contributed by atoms with Crippen LogP contribution in [0.15, 0.2) is 0 Å². The highest BCUT2D eigenvalue weighted by atomic mass is 35.5. The SMILES string of the molecule is COCC(C)N(CCCl)C(C)C. The summed E-state index contributed by atoms with van der Waals surface area (Å²) in [7, 11) is 1.73. The first kappa shape index (κ1) is 12.2. The van der Waals surface area contributed by atoms with Gasteiger partial charge in [-0.3, -0.25) is 4.90 Å². The number of methoxy groups -OCH3 is 1. The van der Waals surface area contributed by atoms with Crippen LogP contribution in [0.3, 0.4) is 0 Å². The molecule has 0 radical (unpaired) electrons. The number of hydrogen-bond acceptors (Lipinski definition) is 2. The number of nitrogens with zero attached hydrogens (tertiary/aromatic N) is 1. The van der Waals surface area contributed by atoms with Crippen molar-refractivity contribution in [3.8, 4) is 0 Å². The third-order valence-corrected chi connectivity index (χ3v) is 2.15. The Kier molecular flexibility index (Phi) is 6.81. The van der Waals surface area contributed by atoms with Crippen LogP contribution in [0.1, 0.15) is 20.8 Å². The quantitative estimate of drug-likeness (QED) is 0.599. The Labute approximate surface area is 80.8 Å². The van der Waals surface area contributed by atoms with Gasteiger partial charge in [-0.05, 0) is 20.8 Å². The van der Waals surface area contributed by atoms with Crippen molar-refractivity contribution in [3.05, 3.63) is 0 Å². The molecule has 0 saturated heterocycles. The molecule has 0 heterocycles. The van der Waals surface area contributed by atoms with E-state index in [1.165, 1.54) is 0 Å². The summed E-state index contributed by atoms with van der Waals surface area (Å²) in [6.45, 7) is 8.23. The van der Waals surface area contributed by atoms with Crippen molar-refractivity contribution in [2.75, 3.05) is 26.1 Å². The Balaban J connectivity index is 3.90. The van der Waals surface area contributed by atoms with Crippen molar-refractivity contribution < 1.29 is 4.74 Å². The molecule has 0 aromatic heterocycles. The second-order valence-corrected chi connectivity index (χ2v) is 3.70. The fourth-order valence-electron chi connectivity index (χ4n) is 1.42. The Morgan fingerprint density at radius 1 is 1.33 bits per heavy atom. The van der Waals surface area contributed by atoms with Crippen LogP contribution in [0.4, 0.5) is 0 Å². The van der Waals surface area contributed by atoms with Gasteiger partial charge >= 0.3 is 0 Å². The third kappa shape index (κ3) is 4.29. The van der Waals surface area contributed by atoms with Crippen molar-refractivity contribution in [3.63, 3.8) is 0 Å². The van der Waals surface area contributed by atoms with E-state index in [2.05, 4.69) is 25.7 Å². The molecule has 0 spiro atoms. The van der Waals surface area contributed by atoms with Crippen LogP contribution >= 0.6 is 11.6 Å². The van der Waals surface area contributed by atoms with E-state index in [1.807, 2.05) is 0 Å². The summed E-state index contributed by atoms with van der Waals surface area (Å²) in [5.74, 6) is 0.687. The number of alkyl halides is 1. The summed E-state index contributed by atoms with van der Waals surface area (Å²) in [5, 5.41) is 0. The smallest absolute Gasteiger partial charge is 0.0615 e. The largest absolute Gasteiger partial charge is 0.383 e. The van der Waals surface area contributed by atoms with Gasteiger partial charge in [-0.1, -0.05) is 0 Å². The molecule has 2 nitrogen and oxygen atoms in total. The third-order valence-electron chi connectivity index (χ3n) is 1.98. The fraction of sp³-hybridized carbons (Fsp3) is 1.00. The minimum atomic E-state index is 0.453. The Morgan fingerprint density at radius 3 is 2.25 bits per heavy atom. The van der Waals surface area contributed by atoms with E-state index in [1.54, 1.807) is 7.11 Å². The van der Waals surface area contributed by atoms with Crippen LogP contribution in [-0.4, -0.2) is 43.1 Å². The van der Waals surface area contributed by atoms with E-state index in [0.717, 1.165) is 13.2 Å². The van der Waals surface area contributed by atoms with Crippen LogP contribution in [0, 0.1) is 0 Å². The van der Waals surface area contributed by atoms with Gasteiger partial charge in [-0.2, -0.15) is 0 Å². The maximum atomic E-state index is 5.70. The lowest BCUT2D eigenvalue weighted by molar-refractivity contribution is 0.0841. The van der Waals surface area contributed by atoms with Crippen molar-refractivity contribution in [2.24, 2.45) is 0 Å². The minimum Gasteiger partial charge on any atom is -0.383 e. The highest BCUT2D eigenvalue weighted by molar-refractivity contribution is 6.18. The normalized spacial score (nSPS) is 14.2. The predicted molar refractivity (Wildman–Crippen MR) is 53.9 cm³/mol. The molecule has 0 aromatic carbocycles. The van der Waals surface area contributed by atoms with Crippen molar-refractivity contribution in [1.29, 1.82) is 0 Å². The molecule has 12 heavy (non-hydrogen) atoms. The molecular weight excluding hydrogens is 174 g/mol. The molecule has 0 fully saturated rings. The van der Waals surface area contributed by atoms with Gasteiger partial charge in [0, 0.05) is 31.6 Å². The van der Waals surface area contributed by atoms with Gasteiger partial charge in [0.15, 0.2) is 0 Å². The summed E-state index contributed by atoms with van der Waals surface area (Å²) in [6.07, 6.45) is 0. The fourth-order valence-corrected chi connectivity index (χ4v) is 1.62. The van der Waals surface area contributed by atoms with Gasteiger partial charge in [0.05, 0.1) is 6.61 Å². The zero-order valence-electron chi connectivity index (χ0n) is 8.51. The number of halogens is 1. The van der Waals surface area contributed by atoms with Gasteiger partial charge in [0.2, 0.25) is 0 Å². The summed E-state index contributed by atoms with van der Waals surface area (Å²) >= 11 is 5.70. The molecule has 0 saturated carbocycles. The van der Waals surface area contributed by atoms with Crippen LogP contribution < -0.4 is 0 Å². The average molecular weight is 194 g/mol. The summed E-state index contributed by atoms with van der Waals surface area (Å²) in [4.78, 5) is 2.34. The van der Waals surface area contributed by atoms with Gasteiger partial charge in [0.1, 0.15) is 0 Å². The molecule has 0 aliphatic heterocycles. The zero-order chi connectivity index (χ0) is 9.56. The highest BCUT2D eigenvalue weighted by Gasteiger charge is 2.15. The van der Waals surface area contributed by atoms with Crippen LogP contribution in [-0.2, 0) is 4.74 Å². The minimum absolute atomic E-state index is 0.453.